The van der Waals surface area contributed by atoms with Crippen molar-refractivity contribution >= 4 is 130 Å². The maximum absolute atomic E-state index is 9.92. The van der Waals surface area contributed by atoms with E-state index in [1.165, 1.54) is 0 Å². The average molecular weight is 1170 g/mol. The van der Waals surface area contributed by atoms with E-state index in [9.17, 15) is 26.0 Å². The smallest absolute Gasteiger partial charge is 0.136 e. The number of benzene rings is 17. The van der Waals surface area contributed by atoms with Crippen molar-refractivity contribution < 1.29 is 80.1 Å². The highest BCUT2D eigenvalue weighted by molar-refractivity contribution is 6.28. The second-order valence-electron chi connectivity index (χ2n) is 19.3. The van der Waals surface area contributed by atoms with E-state index in [1.807, 2.05) is 0 Å². The molecule has 0 bridgehead atoms. The Labute approximate surface area is 580 Å². The molecule has 19 aromatic rings. The monoisotopic (exact) mass is 1170 g/mol. The molecular weight excluding hydrogens is 1060 g/mol. The lowest BCUT2D eigenvalue weighted by Crippen LogP contribution is -1.91. The molecule has 0 fully saturated rings. The lowest BCUT2D eigenvalue weighted by atomic mass is 9.84. The first-order chi connectivity index (χ1) is 65.3. The SMILES string of the molecule is [2H]c1c([2H])c(-c2c([2H])c([2H])c3c([2H])c([2H])c4c([2H])c([2H])c([2H])c([2H])c4c3c2[2H])c([2H])c(-c2c3c([2H])c([2H])c([2H])c([2H])c3c(-c3c([2H])c([2H])c([2H])c4oc5c([2H])c([2H])c([2H])c([2H])c5c34)c3c([2H])c([2H])c([2H])c([2H])c23)c1[2H].[2H]c1c([2H])c([2H])c2c(oc3c([2H])c([2H])c([2H])c(-c4c5c([2H])c([2H])c([2H])c([2H])c5c(-c5c([2H])c([2H])c6c([2H])c([2H])c7c([2H])c([2H])c([2H])c([2H])c7c6c5[2H])c5c([2H])c([2H])c([2H])c([2H])c45)c32)c1[2H]. The molecule has 0 N–H and O–H groups in total. The van der Waals surface area contributed by atoms with Crippen LogP contribution in [-0.4, -0.2) is 0 Å². The van der Waals surface area contributed by atoms with E-state index >= 15 is 0 Å². The number of hydrogen-bond acceptors (Lipinski definition) is 2. The first-order valence-corrected chi connectivity index (χ1v) is 26.1. The first kappa shape index (κ1) is 20.6. The fourth-order valence-corrected chi connectivity index (χ4v) is 11.0. The zero-order valence-electron chi connectivity index (χ0n) is 95.8. The van der Waals surface area contributed by atoms with Crippen molar-refractivity contribution in [3.05, 3.63) is 314 Å². The molecule has 2 heteroatoms. The molecule has 88 heavy (non-hydrogen) atoms. The van der Waals surface area contributed by atoms with Gasteiger partial charge in [0.2, 0.25) is 0 Å². The van der Waals surface area contributed by atoms with Crippen LogP contribution in [-0.2, 0) is 0 Å². The molecule has 2 heterocycles. The molecule has 2 aromatic heterocycles. The summed E-state index contributed by atoms with van der Waals surface area (Å²) in [5, 5.41) is -12.1. The van der Waals surface area contributed by atoms with Crippen molar-refractivity contribution in [3.63, 3.8) is 0 Å². The van der Waals surface area contributed by atoms with Crippen LogP contribution in [0.3, 0.4) is 0 Å². The molecule has 0 atom stereocenters. The van der Waals surface area contributed by atoms with Gasteiger partial charge < -0.3 is 8.83 Å². The van der Waals surface area contributed by atoms with E-state index in [0.29, 0.717) is 0 Å². The molecule has 0 unspecified atom stereocenters. The summed E-state index contributed by atoms with van der Waals surface area (Å²) in [4.78, 5) is 0. The van der Waals surface area contributed by atoms with Crippen molar-refractivity contribution in [2.75, 3.05) is 0 Å². The van der Waals surface area contributed by atoms with Crippen LogP contribution < -0.4 is 0 Å². The highest BCUT2D eigenvalue weighted by atomic mass is 16.3. The van der Waals surface area contributed by atoms with Crippen molar-refractivity contribution in [1.82, 2.24) is 0 Å². The van der Waals surface area contributed by atoms with E-state index < -0.39 is 500 Å². The third-order valence-electron chi connectivity index (χ3n) is 14.6. The molecule has 0 radical (unpaired) electrons. The fraction of sp³-hybridized carbons (Fsp3) is 0. The van der Waals surface area contributed by atoms with Gasteiger partial charge in [-0.1, -0.05) is 272 Å². The molecule has 408 valence electrons. The zero-order chi connectivity index (χ0) is 103. The van der Waals surface area contributed by atoms with Gasteiger partial charge in [-0.2, -0.15) is 0 Å². The minimum Gasteiger partial charge on any atom is -0.456 e. The highest BCUT2D eigenvalue weighted by Gasteiger charge is 2.23. The van der Waals surface area contributed by atoms with Gasteiger partial charge >= 0.3 is 0 Å². The second-order valence-corrected chi connectivity index (χ2v) is 19.3. The lowest BCUT2D eigenvalue weighted by Gasteiger charge is -2.18. The van der Waals surface area contributed by atoms with Crippen LogP contribution in [0.1, 0.15) is 71.3 Å². The van der Waals surface area contributed by atoms with E-state index in [4.69, 9.17) is 54.1 Å². The lowest BCUT2D eigenvalue weighted by molar-refractivity contribution is 0.668. The minimum atomic E-state index is -1.11. The Morgan fingerprint density at radius 2 is 0.466 bits per heavy atom. The topological polar surface area (TPSA) is 26.3 Å². The predicted molar refractivity (Wildman–Crippen MR) is 375 cm³/mol. The number of furan rings is 2. The number of hydrogen-bond donors (Lipinski definition) is 0. The number of fused-ring (bicyclic) bond motifs is 16. The summed E-state index contributed by atoms with van der Waals surface area (Å²) in [6.07, 6.45) is 0. The molecule has 19 rings (SSSR count). The maximum atomic E-state index is 9.92. The molecular formula is C86H52O2. The summed E-state index contributed by atoms with van der Waals surface area (Å²) in [5.41, 5.74) is -9.80. The normalized spacial score (nSPS) is 20.1. The van der Waals surface area contributed by atoms with Gasteiger partial charge in [0.1, 0.15) is 22.3 Å². The van der Waals surface area contributed by atoms with Gasteiger partial charge in [0.15, 0.2) is 0 Å². The van der Waals surface area contributed by atoms with Crippen molar-refractivity contribution in [2.24, 2.45) is 0 Å². The Kier molecular flexibility index (Phi) is 4.68. The van der Waals surface area contributed by atoms with Crippen molar-refractivity contribution in [2.45, 2.75) is 0 Å². The van der Waals surface area contributed by atoms with Gasteiger partial charge in [-0.3, -0.25) is 0 Å². The first-order valence-electron chi connectivity index (χ1n) is 52.1. The maximum Gasteiger partial charge on any atom is 0.136 e. The van der Waals surface area contributed by atoms with Crippen LogP contribution in [0.2, 0.25) is 0 Å². The van der Waals surface area contributed by atoms with Crippen LogP contribution in [0.5, 0.6) is 0 Å². The van der Waals surface area contributed by atoms with E-state index in [0.717, 1.165) is 0 Å². The van der Waals surface area contributed by atoms with Crippen LogP contribution in [0, 0.1) is 0 Å². The molecule has 0 saturated carbocycles. The van der Waals surface area contributed by atoms with Crippen molar-refractivity contribution in [3.8, 4) is 55.6 Å². The zero-order valence-corrected chi connectivity index (χ0v) is 43.8. The average Bonchev–Trinajstić information content (AvgIpc) is 1.29. The quantitative estimate of drug-likeness (QED) is 0.127. The summed E-state index contributed by atoms with van der Waals surface area (Å²) in [6.45, 7) is 0. The fourth-order valence-electron chi connectivity index (χ4n) is 11.0. The molecule has 17 aromatic carbocycles. The van der Waals surface area contributed by atoms with Gasteiger partial charge in [0.05, 0.1) is 71.3 Å². The summed E-state index contributed by atoms with van der Waals surface area (Å²) in [5.74, 6) is 0. The van der Waals surface area contributed by atoms with Gasteiger partial charge in [-0.15, -0.1) is 0 Å². The summed E-state index contributed by atoms with van der Waals surface area (Å²) < 4.78 is 479. The van der Waals surface area contributed by atoms with Crippen LogP contribution in [0.25, 0.3) is 186 Å². The standard InChI is InChI=1S/C46H28O.C40H24O/c1-2-14-34-29(11-1)23-24-30-25-26-32(28-41(30)34)31-12-9-13-33(27-31)44-35-15-3-5-17-37(35)45(38-18-6-4-16-36(38)44)40-20-10-22-43-46(40)39-19-7-8-21-42(39)47-43;1-2-11-28-25(10-1)20-21-26-22-23-27(24-35(26)28)38-29-12-3-5-14-31(29)39(32-15-6-4-13-30(32)38)34-17-9-19-37-40(34)33-16-7-8-18-36(33)41-37/h1-28H;1-24H/i1D,2D,3D,4D,5D,6D,7D,8D,9D,10D,11D,12D,13D,14D,15D,16D,17D,18D,19D,20D,21D,22D,23D,24D,25D,26D,27D,28D;1D,2D,3D,4D,5D,6D,7D,8D,9D,10D,11D,12D,13D,14D,15D,16D,17D,18D,19D,20D,21D,22D,23D,24D. The highest BCUT2D eigenvalue weighted by Crippen LogP contribution is 2.50. The Bertz CT molecular complexity index is 9150. The van der Waals surface area contributed by atoms with Gasteiger partial charge in [0, 0.05) is 21.5 Å². The molecule has 0 saturated heterocycles. The third kappa shape index (κ3) is 7.83. The summed E-state index contributed by atoms with van der Waals surface area (Å²) in [7, 11) is 0. The Morgan fingerprint density at radius 1 is 0.182 bits per heavy atom. The van der Waals surface area contributed by atoms with E-state index in [-0.39, 0.29) is 0 Å². The molecule has 0 aliphatic rings. The van der Waals surface area contributed by atoms with Crippen LogP contribution in [0.4, 0.5) is 0 Å². The molecule has 0 amide bonds. The Morgan fingerprint density at radius 3 is 0.909 bits per heavy atom. The van der Waals surface area contributed by atoms with Crippen LogP contribution in [0.15, 0.2) is 323 Å². The minimum absolute atomic E-state index is 0.443. The Hall–Kier alpha value is -11.6. The largest absolute Gasteiger partial charge is 0.456 e. The molecule has 0 spiro atoms. The summed E-state index contributed by atoms with van der Waals surface area (Å²) >= 11 is 0. The molecule has 0 aliphatic heterocycles. The summed E-state index contributed by atoms with van der Waals surface area (Å²) in [6, 6.07) is -46.8. The number of para-hydroxylation sites is 2. The molecule has 0 aliphatic carbocycles. The van der Waals surface area contributed by atoms with Gasteiger partial charge in [-0.25, -0.2) is 0 Å². The number of rotatable bonds is 5. The Balaban J connectivity index is 0.000000187. The third-order valence-corrected chi connectivity index (χ3v) is 14.6. The van der Waals surface area contributed by atoms with Crippen LogP contribution >= 0.6 is 0 Å². The van der Waals surface area contributed by atoms with Gasteiger partial charge in [0.25, 0.3) is 0 Å². The second kappa shape index (κ2) is 20.0. The predicted octanol–water partition coefficient (Wildman–Crippen LogP) is 24.7. The van der Waals surface area contributed by atoms with E-state index in [2.05, 4.69) is 0 Å². The molecule has 2 nitrogen and oxygen atoms in total. The van der Waals surface area contributed by atoms with Crippen molar-refractivity contribution in [1.29, 1.82) is 0 Å². The van der Waals surface area contributed by atoms with Gasteiger partial charge in [-0.05, 0) is 184 Å². The van der Waals surface area contributed by atoms with E-state index in [1.54, 1.807) is 0 Å².